The first-order chi connectivity index (χ1) is 13.2. The van der Waals surface area contributed by atoms with E-state index >= 15 is 0 Å². The fraction of sp³-hybridized carbons (Fsp3) is 0.458. The van der Waals surface area contributed by atoms with Crippen molar-refractivity contribution in [1.29, 1.82) is 0 Å². The Balaban J connectivity index is 2.11. The molecule has 148 valence electrons. The number of phenols is 1. The lowest BCUT2D eigenvalue weighted by Gasteiger charge is -2.07. The molecule has 1 aromatic carbocycles. The molecule has 0 amide bonds. The molecule has 1 aromatic rings. The molecule has 0 bridgehead atoms. The van der Waals surface area contributed by atoms with Gasteiger partial charge < -0.3 is 10.2 Å². The SMILES string of the molecule is CCCCC=CCC=CCC=CCCCCCc1cccc(O)c1C(=O)O. The third-order valence-electron chi connectivity index (χ3n) is 4.43. The van der Waals surface area contributed by atoms with Gasteiger partial charge in [0, 0.05) is 0 Å². The molecule has 3 nitrogen and oxygen atoms in total. The average Bonchev–Trinajstić information content (AvgIpc) is 2.64. The Hall–Kier alpha value is -2.29. The van der Waals surface area contributed by atoms with Gasteiger partial charge in [0.05, 0.1) is 0 Å². The maximum Gasteiger partial charge on any atom is 0.339 e. The van der Waals surface area contributed by atoms with Gasteiger partial charge in [0.2, 0.25) is 0 Å². The number of carboxylic acids is 1. The molecule has 0 atom stereocenters. The number of aryl methyl sites for hydroxylation is 1. The largest absolute Gasteiger partial charge is 0.507 e. The molecule has 0 radical (unpaired) electrons. The van der Waals surface area contributed by atoms with E-state index in [1.54, 1.807) is 12.1 Å². The fourth-order valence-corrected chi connectivity index (χ4v) is 2.90. The van der Waals surface area contributed by atoms with Gasteiger partial charge in [0.15, 0.2) is 0 Å². The second-order valence-electron chi connectivity index (χ2n) is 6.74. The Kier molecular flexibility index (Phi) is 12.5. The summed E-state index contributed by atoms with van der Waals surface area (Å²) in [6, 6.07) is 4.91. The molecule has 0 aliphatic carbocycles. The lowest BCUT2D eigenvalue weighted by molar-refractivity contribution is 0.0692. The Bertz CT molecular complexity index is 627. The predicted octanol–water partition coefficient (Wildman–Crippen LogP) is 6.83. The standard InChI is InChI=1S/C24H34O3/c1-2-3-4-5-6-7-8-9-10-11-12-13-14-15-16-18-21-19-17-20-22(25)23(21)24(26)27/h5-6,8-9,11-12,17,19-20,25H,2-4,7,10,13-16,18H2,1H3,(H,26,27). The highest BCUT2D eigenvalue weighted by molar-refractivity contribution is 5.92. The summed E-state index contributed by atoms with van der Waals surface area (Å²) in [6.07, 6.45) is 23.9. The van der Waals surface area contributed by atoms with Crippen LogP contribution in [-0.4, -0.2) is 16.2 Å². The van der Waals surface area contributed by atoms with E-state index in [4.69, 9.17) is 0 Å². The quantitative estimate of drug-likeness (QED) is 0.279. The Morgan fingerprint density at radius 1 is 0.889 bits per heavy atom. The molecule has 27 heavy (non-hydrogen) atoms. The number of hydrogen-bond acceptors (Lipinski definition) is 2. The van der Waals surface area contributed by atoms with Crippen LogP contribution >= 0.6 is 0 Å². The van der Waals surface area contributed by atoms with Crippen molar-refractivity contribution in [2.24, 2.45) is 0 Å². The van der Waals surface area contributed by atoms with Crippen LogP contribution in [0.3, 0.4) is 0 Å². The Morgan fingerprint density at radius 3 is 2.15 bits per heavy atom. The third kappa shape index (κ3) is 10.4. The van der Waals surface area contributed by atoms with Crippen molar-refractivity contribution in [2.75, 3.05) is 0 Å². The second kappa shape index (κ2) is 14.8. The minimum Gasteiger partial charge on any atom is -0.507 e. The van der Waals surface area contributed by atoms with Crippen LogP contribution in [0.25, 0.3) is 0 Å². The van der Waals surface area contributed by atoms with E-state index in [2.05, 4.69) is 43.4 Å². The van der Waals surface area contributed by atoms with Crippen molar-refractivity contribution in [3.05, 3.63) is 65.8 Å². The smallest absolute Gasteiger partial charge is 0.339 e. The number of hydrogen-bond donors (Lipinski definition) is 2. The highest BCUT2D eigenvalue weighted by atomic mass is 16.4. The van der Waals surface area contributed by atoms with Gasteiger partial charge in [0.25, 0.3) is 0 Å². The van der Waals surface area contributed by atoms with Gasteiger partial charge in [-0.2, -0.15) is 0 Å². The number of aromatic hydroxyl groups is 1. The van der Waals surface area contributed by atoms with E-state index in [1.807, 2.05) is 0 Å². The van der Waals surface area contributed by atoms with Crippen LogP contribution in [0.4, 0.5) is 0 Å². The number of aromatic carboxylic acids is 1. The number of rotatable bonds is 14. The molecule has 0 saturated carbocycles. The van der Waals surface area contributed by atoms with Crippen LogP contribution in [0.15, 0.2) is 54.7 Å². The molecule has 0 aromatic heterocycles. The van der Waals surface area contributed by atoms with E-state index in [9.17, 15) is 15.0 Å². The van der Waals surface area contributed by atoms with Crippen molar-refractivity contribution in [3.8, 4) is 5.75 Å². The van der Waals surface area contributed by atoms with E-state index in [1.165, 1.54) is 25.3 Å². The Morgan fingerprint density at radius 2 is 1.52 bits per heavy atom. The molecule has 0 aliphatic rings. The van der Waals surface area contributed by atoms with Crippen LogP contribution in [0.2, 0.25) is 0 Å². The summed E-state index contributed by atoms with van der Waals surface area (Å²) in [4.78, 5) is 11.2. The fourth-order valence-electron chi connectivity index (χ4n) is 2.90. The summed E-state index contributed by atoms with van der Waals surface area (Å²) in [6.45, 7) is 2.21. The van der Waals surface area contributed by atoms with Gasteiger partial charge in [-0.25, -0.2) is 4.79 Å². The van der Waals surface area contributed by atoms with Gasteiger partial charge in [0.1, 0.15) is 11.3 Å². The maximum absolute atomic E-state index is 11.2. The number of benzene rings is 1. The molecular weight excluding hydrogens is 336 g/mol. The van der Waals surface area contributed by atoms with E-state index in [-0.39, 0.29) is 11.3 Å². The van der Waals surface area contributed by atoms with Crippen molar-refractivity contribution in [3.63, 3.8) is 0 Å². The molecule has 1 rings (SSSR count). The summed E-state index contributed by atoms with van der Waals surface area (Å²) in [5.41, 5.74) is 0.760. The van der Waals surface area contributed by atoms with E-state index in [0.29, 0.717) is 12.0 Å². The van der Waals surface area contributed by atoms with Crippen LogP contribution < -0.4 is 0 Å². The zero-order valence-electron chi connectivity index (χ0n) is 16.6. The highest BCUT2D eigenvalue weighted by Gasteiger charge is 2.14. The first-order valence-electron chi connectivity index (χ1n) is 10.2. The lowest BCUT2D eigenvalue weighted by atomic mass is 10.00. The molecule has 0 aliphatic heterocycles. The van der Waals surface area contributed by atoms with Crippen LogP contribution in [0.5, 0.6) is 5.75 Å². The summed E-state index contributed by atoms with van der Waals surface area (Å²) < 4.78 is 0. The summed E-state index contributed by atoms with van der Waals surface area (Å²) in [7, 11) is 0. The predicted molar refractivity (Wildman–Crippen MR) is 113 cm³/mol. The van der Waals surface area contributed by atoms with Gasteiger partial charge in [-0.15, -0.1) is 0 Å². The minimum atomic E-state index is -1.06. The zero-order valence-corrected chi connectivity index (χ0v) is 16.6. The molecule has 0 spiro atoms. The van der Waals surface area contributed by atoms with Gasteiger partial charge in [-0.3, -0.25) is 0 Å². The molecule has 0 fully saturated rings. The first kappa shape index (κ1) is 22.8. The van der Waals surface area contributed by atoms with Gasteiger partial charge in [-0.1, -0.05) is 74.8 Å². The molecule has 2 N–H and O–H groups in total. The van der Waals surface area contributed by atoms with Crippen molar-refractivity contribution >= 4 is 5.97 Å². The number of unbranched alkanes of at least 4 members (excludes halogenated alkanes) is 5. The number of allylic oxidation sites excluding steroid dienone is 6. The number of carboxylic acid groups (broad SMARTS) is 1. The average molecular weight is 371 g/mol. The normalized spacial score (nSPS) is 11.9. The van der Waals surface area contributed by atoms with Gasteiger partial charge >= 0.3 is 5.97 Å². The lowest BCUT2D eigenvalue weighted by Crippen LogP contribution is -2.03. The topological polar surface area (TPSA) is 57.5 Å². The molecular formula is C24H34O3. The summed E-state index contributed by atoms with van der Waals surface area (Å²) in [5.74, 6) is -1.21. The maximum atomic E-state index is 11.2. The highest BCUT2D eigenvalue weighted by Crippen LogP contribution is 2.22. The van der Waals surface area contributed by atoms with Crippen LogP contribution in [0.1, 0.15) is 80.6 Å². The van der Waals surface area contributed by atoms with Crippen molar-refractivity contribution < 1.29 is 15.0 Å². The van der Waals surface area contributed by atoms with E-state index in [0.717, 1.165) is 38.5 Å². The van der Waals surface area contributed by atoms with Crippen LogP contribution in [0, 0.1) is 0 Å². The Labute approximate surface area is 164 Å². The minimum absolute atomic E-state index is 0.0457. The number of carbonyl (C=O) groups is 1. The molecule has 0 heterocycles. The van der Waals surface area contributed by atoms with Crippen molar-refractivity contribution in [2.45, 2.75) is 71.1 Å². The molecule has 0 unspecified atom stereocenters. The summed E-state index contributed by atoms with van der Waals surface area (Å²) >= 11 is 0. The monoisotopic (exact) mass is 370 g/mol. The summed E-state index contributed by atoms with van der Waals surface area (Å²) in [5, 5.41) is 18.9. The van der Waals surface area contributed by atoms with Gasteiger partial charge in [-0.05, 0) is 56.6 Å². The third-order valence-corrected chi connectivity index (χ3v) is 4.43. The zero-order chi connectivity index (χ0) is 19.7. The van der Waals surface area contributed by atoms with Crippen molar-refractivity contribution in [1.82, 2.24) is 0 Å². The first-order valence-corrected chi connectivity index (χ1v) is 10.2. The van der Waals surface area contributed by atoms with Crippen LogP contribution in [-0.2, 0) is 6.42 Å². The molecule has 3 heteroatoms. The van der Waals surface area contributed by atoms with E-state index < -0.39 is 5.97 Å². The molecule has 0 saturated heterocycles. The second-order valence-corrected chi connectivity index (χ2v) is 6.74.